The first kappa shape index (κ1) is 43.4. The van der Waals surface area contributed by atoms with Gasteiger partial charge in [-0.15, -0.1) is 0 Å². The Hall–Kier alpha value is -6.18. The van der Waals surface area contributed by atoms with E-state index in [4.69, 9.17) is 0 Å². The topological polar surface area (TPSA) is 3.24 Å². The fourth-order valence-corrected chi connectivity index (χ4v) is 8.01. The number of para-hydroxylation sites is 1. The van der Waals surface area contributed by atoms with Crippen LogP contribution in [0.4, 0.5) is 11.4 Å². The highest BCUT2D eigenvalue weighted by molar-refractivity contribution is 5.95. The van der Waals surface area contributed by atoms with Crippen LogP contribution >= 0.6 is 0 Å². The van der Waals surface area contributed by atoms with Gasteiger partial charge in [-0.25, -0.2) is 0 Å². The van der Waals surface area contributed by atoms with E-state index < -0.39 is 0 Å². The molecule has 0 fully saturated rings. The van der Waals surface area contributed by atoms with Crippen molar-refractivity contribution in [2.75, 3.05) is 4.90 Å². The van der Waals surface area contributed by atoms with E-state index in [0.717, 1.165) is 19.3 Å². The molecule has 304 valence electrons. The number of hydrogen-bond donors (Lipinski definition) is 0. The molecule has 0 aromatic heterocycles. The SMILES string of the molecule is C1=CCC2C(=C1)c1cc(-c3ccc(Cc4ccc(-c5ccccc5)cc4)cc3)ccc1N2c1ccccc1.CCC.CCC.CCc1cc(C)ccc1-c1ccccc1C. The summed E-state index contributed by atoms with van der Waals surface area (Å²) in [6, 6.07) is 62.0. The average Bonchev–Trinajstić information content (AvgIpc) is 3.62. The third-order valence-electron chi connectivity index (χ3n) is 10.9. The molecule has 7 aromatic rings. The molecule has 1 aliphatic carbocycles. The quantitative estimate of drug-likeness (QED) is 0.156. The molecule has 1 heteroatoms. The first-order valence-corrected chi connectivity index (χ1v) is 22.1. The Morgan fingerprint density at radius 1 is 0.500 bits per heavy atom. The summed E-state index contributed by atoms with van der Waals surface area (Å²) in [6.07, 6.45) is 12.3. The Balaban J connectivity index is 0.000000228. The maximum absolute atomic E-state index is 2.50. The van der Waals surface area contributed by atoms with Crippen LogP contribution in [0.3, 0.4) is 0 Å². The molecule has 0 saturated heterocycles. The summed E-state index contributed by atoms with van der Waals surface area (Å²) < 4.78 is 0. The lowest BCUT2D eigenvalue weighted by molar-refractivity contribution is 0.829. The molecule has 7 aromatic carbocycles. The Labute approximate surface area is 361 Å². The molecule has 2 aliphatic rings. The van der Waals surface area contributed by atoms with E-state index in [2.05, 4.69) is 241 Å². The van der Waals surface area contributed by atoms with Crippen molar-refractivity contribution in [1.82, 2.24) is 0 Å². The van der Waals surface area contributed by atoms with Crippen molar-refractivity contribution in [3.8, 4) is 33.4 Å². The number of aryl methyl sites for hydroxylation is 3. The van der Waals surface area contributed by atoms with Gasteiger partial charge in [0.1, 0.15) is 0 Å². The molecule has 0 bridgehead atoms. The van der Waals surface area contributed by atoms with Crippen LogP contribution in [0.15, 0.2) is 188 Å². The van der Waals surface area contributed by atoms with Crippen LogP contribution in [0.5, 0.6) is 0 Å². The van der Waals surface area contributed by atoms with Crippen molar-refractivity contribution >= 4 is 16.9 Å². The fourth-order valence-electron chi connectivity index (χ4n) is 8.01. The normalized spacial score (nSPS) is 13.3. The van der Waals surface area contributed by atoms with Crippen molar-refractivity contribution in [2.24, 2.45) is 0 Å². The molecule has 0 spiro atoms. The second-order valence-electron chi connectivity index (χ2n) is 15.9. The lowest BCUT2D eigenvalue weighted by atomic mass is 9.93. The van der Waals surface area contributed by atoms with Crippen LogP contribution in [0.1, 0.15) is 87.3 Å². The number of fused-ring (bicyclic) bond motifs is 3. The minimum atomic E-state index is 0.364. The zero-order valence-electron chi connectivity index (χ0n) is 37.0. The zero-order valence-corrected chi connectivity index (χ0v) is 37.0. The van der Waals surface area contributed by atoms with Crippen molar-refractivity contribution in [1.29, 1.82) is 0 Å². The summed E-state index contributed by atoms with van der Waals surface area (Å²) in [4.78, 5) is 2.50. The van der Waals surface area contributed by atoms with Crippen molar-refractivity contribution in [2.45, 2.75) is 86.6 Å². The molecular formula is C59H63N. The van der Waals surface area contributed by atoms with Crippen LogP contribution < -0.4 is 4.90 Å². The number of anilines is 2. The molecule has 1 aliphatic heterocycles. The fraction of sp³-hybridized carbons (Fsp3) is 0.220. The van der Waals surface area contributed by atoms with E-state index in [1.54, 1.807) is 0 Å². The smallest absolute Gasteiger partial charge is 0.0632 e. The number of rotatable bonds is 7. The van der Waals surface area contributed by atoms with Gasteiger partial charge in [-0.2, -0.15) is 0 Å². The highest BCUT2D eigenvalue weighted by Crippen LogP contribution is 2.48. The van der Waals surface area contributed by atoms with Gasteiger partial charge < -0.3 is 4.90 Å². The zero-order chi connectivity index (χ0) is 42.3. The van der Waals surface area contributed by atoms with Gasteiger partial charge in [0, 0.05) is 16.9 Å². The highest BCUT2D eigenvalue weighted by Gasteiger charge is 2.35. The van der Waals surface area contributed by atoms with Gasteiger partial charge in [0.2, 0.25) is 0 Å². The number of benzene rings is 7. The second-order valence-corrected chi connectivity index (χ2v) is 15.9. The molecule has 0 saturated carbocycles. The van der Waals surface area contributed by atoms with Crippen molar-refractivity contribution in [3.63, 3.8) is 0 Å². The van der Waals surface area contributed by atoms with Gasteiger partial charge in [-0.1, -0.05) is 217 Å². The predicted molar refractivity (Wildman–Crippen MR) is 263 cm³/mol. The molecule has 9 rings (SSSR count). The summed E-state index contributed by atoms with van der Waals surface area (Å²) in [5.74, 6) is 0. The summed E-state index contributed by atoms with van der Waals surface area (Å²) >= 11 is 0. The minimum absolute atomic E-state index is 0.364. The van der Waals surface area contributed by atoms with E-state index in [1.807, 2.05) is 0 Å². The molecule has 1 atom stereocenters. The summed E-state index contributed by atoms with van der Waals surface area (Å²) in [6.45, 7) is 15.0. The van der Waals surface area contributed by atoms with E-state index in [0.29, 0.717) is 6.04 Å². The van der Waals surface area contributed by atoms with Crippen LogP contribution in [0.25, 0.3) is 39.0 Å². The maximum Gasteiger partial charge on any atom is 0.0632 e. The molecule has 0 N–H and O–H groups in total. The monoisotopic (exact) mass is 785 g/mol. The molecule has 1 heterocycles. The third-order valence-corrected chi connectivity index (χ3v) is 10.9. The molecule has 1 nitrogen and oxygen atoms in total. The molecule has 60 heavy (non-hydrogen) atoms. The van der Waals surface area contributed by atoms with E-state index in [9.17, 15) is 0 Å². The molecule has 1 unspecified atom stereocenters. The van der Waals surface area contributed by atoms with E-state index in [1.165, 1.54) is 96.6 Å². The van der Waals surface area contributed by atoms with Gasteiger partial charge in [0.25, 0.3) is 0 Å². The van der Waals surface area contributed by atoms with Crippen molar-refractivity contribution in [3.05, 3.63) is 221 Å². The summed E-state index contributed by atoms with van der Waals surface area (Å²) in [5, 5.41) is 0. The summed E-state index contributed by atoms with van der Waals surface area (Å²) in [7, 11) is 0. The van der Waals surface area contributed by atoms with Crippen LogP contribution in [0, 0.1) is 13.8 Å². The van der Waals surface area contributed by atoms with Crippen molar-refractivity contribution < 1.29 is 0 Å². The van der Waals surface area contributed by atoms with Crippen LogP contribution in [-0.2, 0) is 12.8 Å². The first-order valence-electron chi connectivity index (χ1n) is 22.1. The lowest BCUT2D eigenvalue weighted by Gasteiger charge is -2.28. The Morgan fingerprint density at radius 2 is 1.05 bits per heavy atom. The van der Waals surface area contributed by atoms with E-state index >= 15 is 0 Å². The van der Waals surface area contributed by atoms with Gasteiger partial charge in [0.05, 0.1) is 6.04 Å². The lowest BCUT2D eigenvalue weighted by Crippen LogP contribution is -2.26. The molecular weight excluding hydrogens is 723 g/mol. The third kappa shape index (κ3) is 10.7. The summed E-state index contributed by atoms with van der Waals surface area (Å²) in [5.41, 5.74) is 19.9. The Morgan fingerprint density at radius 3 is 1.67 bits per heavy atom. The largest absolute Gasteiger partial charge is 0.333 e. The molecule has 0 radical (unpaired) electrons. The average molecular weight is 786 g/mol. The first-order chi connectivity index (χ1) is 29.4. The number of nitrogens with zero attached hydrogens (tertiary/aromatic N) is 1. The number of hydrogen-bond acceptors (Lipinski definition) is 1. The predicted octanol–water partition coefficient (Wildman–Crippen LogP) is 16.8. The highest BCUT2D eigenvalue weighted by atomic mass is 15.2. The van der Waals surface area contributed by atoms with Crippen LogP contribution in [-0.4, -0.2) is 6.04 Å². The Bertz CT molecular complexity index is 2450. The minimum Gasteiger partial charge on any atom is -0.333 e. The second kappa shape index (κ2) is 21.7. The van der Waals surface area contributed by atoms with Gasteiger partial charge in [0.15, 0.2) is 0 Å². The number of allylic oxidation sites excluding steroid dienone is 2. The van der Waals surface area contributed by atoms with Gasteiger partial charge in [-0.05, 0) is 119 Å². The Kier molecular flexibility index (Phi) is 15.7. The van der Waals surface area contributed by atoms with Crippen LogP contribution in [0.2, 0.25) is 0 Å². The van der Waals surface area contributed by atoms with Gasteiger partial charge in [-0.3, -0.25) is 0 Å². The van der Waals surface area contributed by atoms with Gasteiger partial charge >= 0.3 is 0 Å². The van der Waals surface area contributed by atoms with E-state index in [-0.39, 0.29) is 0 Å². The maximum atomic E-state index is 2.50. The standard InChI is InChI=1S/C37H29N.C16H18.2C3H8/c1-3-9-29(10-4-1)30-19-15-27(16-20-30)25-28-17-21-31(22-18-28)32-23-24-37-35(26-32)34-13-7-8-14-36(34)38(37)33-11-5-2-6-12-33;1-4-14-11-12(2)9-10-16(14)15-8-6-5-7-13(15)3;2*1-3-2/h1-13,15-24,26,36H,14,25H2;5-11H,4H2,1-3H3;2*3H2,1-2H3. The molecule has 0 amide bonds.